The molecule has 90 valence electrons. The molecule has 1 aliphatic carbocycles. The first-order chi connectivity index (χ1) is 7.06. The first-order valence-corrected chi connectivity index (χ1v) is 7.74. The summed E-state index contributed by atoms with van der Waals surface area (Å²) in [6, 6.07) is 0.467. The maximum atomic E-state index is 11.8. The van der Waals surface area contributed by atoms with Crippen LogP contribution in [-0.4, -0.2) is 28.3 Å². The predicted molar refractivity (Wildman–Crippen MR) is 67.5 cm³/mol. The summed E-state index contributed by atoms with van der Waals surface area (Å²) in [4.78, 5) is 0. The maximum absolute atomic E-state index is 11.8. The molecule has 15 heavy (non-hydrogen) atoms. The summed E-state index contributed by atoms with van der Waals surface area (Å²) in [5.41, 5.74) is 0. The first-order valence-electron chi connectivity index (χ1n) is 6.11. The van der Waals surface area contributed by atoms with Crippen LogP contribution in [0.15, 0.2) is 0 Å². The van der Waals surface area contributed by atoms with E-state index in [-0.39, 0.29) is 0 Å². The lowest BCUT2D eigenvalue weighted by Gasteiger charge is -2.39. The van der Waals surface area contributed by atoms with Gasteiger partial charge in [0.1, 0.15) is 0 Å². The molecule has 1 rings (SSSR count). The highest BCUT2D eigenvalue weighted by Gasteiger charge is 2.35. The van der Waals surface area contributed by atoms with E-state index in [1.54, 1.807) is 0 Å². The highest BCUT2D eigenvalue weighted by atomic mass is 32.2. The van der Waals surface area contributed by atoms with E-state index in [0.717, 1.165) is 18.9 Å². The quantitative estimate of drug-likeness (QED) is 0.803. The highest BCUT2D eigenvalue weighted by molar-refractivity contribution is 7.85. The lowest BCUT2D eigenvalue weighted by atomic mass is 9.80. The minimum atomic E-state index is -0.693. The molecule has 0 aliphatic heterocycles. The Kier molecular flexibility index (Phi) is 5.27. The zero-order valence-corrected chi connectivity index (χ0v) is 11.3. The van der Waals surface area contributed by atoms with Crippen LogP contribution in [0.2, 0.25) is 0 Å². The van der Waals surface area contributed by atoms with Crippen LogP contribution in [0.25, 0.3) is 0 Å². The van der Waals surface area contributed by atoms with E-state index in [2.05, 4.69) is 26.1 Å². The second kappa shape index (κ2) is 6.00. The van der Waals surface area contributed by atoms with Crippen molar-refractivity contribution in [1.82, 2.24) is 5.32 Å². The highest BCUT2D eigenvalue weighted by Crippen LogP contribution is 2.31. The van der Waals surface area contributed by atoms with Gasteiger partial charge in [0.15, 0.2) is 0 Å². The van der Waals surface area contributed by atoms with Crippen LogP contribution >= 0.6 is 0 Å². The van der Waals surface area contributed by atoms with Gasteiger partial charge >= 0.3 is 0 Å². The van der Waals surface area contributed by atoms with E-state index in [0.29, 0.717) is 17.2 Å². The molecule has 0 heterocycles. The molecule has 1 aliphatic rings. The van der Waals surface area contributed by atoms with E-state index in [9.17, 15) is 4.21 Å². The average Bonchev–Trinajstić information content (AvgIpc) is 2.12. The molecular formula is C12H25NOS. The van der Waals surface area contributed by atoms with Crippen LogP contribution in [0.5, 0.6) is 0 Å². The second-order valence-electron chi connectivity index (χ2n) is 5.08. The summed E-state index contributed by atoms with van der Waals surface area (Å²) in [7, 11) is -0.693. The van der Waals surface area contributed by atoms with E-state index in [1.807, 2.05) is 6.26 Å². The summed E-state index contributed by atoms with van der Waals surface area (Å²) >= 11 is 0. The SMILES string of the molecule is CCCNC1CC(C)CC(C)C1S(C)=O. The topological polar surface area (TPSA) is 29.1 Å². The molecule has 0 aromatic rings. The van der Waals surface area contributed by atoms with Crippen molar-refractivity contribution in [2.75, 3.05) is 12.8 Å². The van der Waals surface area contributed by atoms with Gasteiger partial charge in [-0.25, -0.2) is 0 Å². The Morgan fingerprint density at radius 1 is 1.33 bits per heavy atom. The predicted octanol–water partition coefficient (Wildman–Crippen LogP) is 2.17. The molecule has 5 atom stereocenters. The fourth-order valence-corrected chi connectivity index (χ4v) is 4.35. The summed E-state index contributed by atoms with van der Waals surface area (Å²) in [5.74, 6) is 1.36. The van der Waals surface area contributed by atoms with Gasteiger partial charge in [-0.1, -0.05) is 20.8 Å². The third-order valence-electron chi connectivity index (χ3n) is 3.43. The van der Waals surface area contributed by atoms with Crippen LogP contribution in [-0.2, 0) is 10.8 Å². The van der Waals surface area contributed by atoms with E-state index in [1.165, 1.54) is 12.8 Å². The number of hydrogen-bond donors (Lipinski definition) is 1. The largest absolute Gasteiger partial charge is 0.313 e. The number of nitrogens with one attached hydrogen (secondary N) is 1. The Hall–Kier alpha value is 0.110. The van der Waals surface area contributed by atoms with Crippen molar-refractivity contribution in [2.24, 2.45) is 11.8 Å². The third-order valence-corrected chi connectivity index (χ3v) is 4.99. The van der Waals surface area contributed by atoms with Gasteiger partial charge in [0.25, 0.3) is 0 Å². The van der Waals surface area contributed by atoms with Crippen LogP contribution in [0.1, 0.15) is 40.0 Å². The molecule has 0 aromatic heterocycles. The average molecular weight is 231 g/mol. The zero-order chi connectivity index (χ0) is 11.4. The minimum Gasteiger partial charge on any atom is -0.313 e. The number of hydrogen-bond acceptors (Lipinski definition) is 2. The molecule has 3 heteroatoms. The van der Waals surface area contributed by atoms with Crippen molar-refractivity contribution in [1.29, 1.82) is 0 Å². The van der Waals surface area contributed by atoms with Crippen molar-refractivity contribution in [2.45, 2.75) is 51.3 Å². The van der Waals surface area contributed by atoms with Crippen LogP contribution in [0, 0.1) is 11.8 Å². The Morgan fingerprint density at radius 3 is 2.53 bits per heavy atom. The van der Waals surface area contributed by atoms with Gasteiger partial charge in [0.05, 0.1) is 5.25 Å². The molecule has 0 saturated heterocycles. The molecule has 1 fully saturated rings. The molecule has 0 amide bonds. The fraction of sp³-hybridized carbons (Fsp3) is 1.00. The third kappa shape index (κ3) is 3.56. The molecule has 1 saturated carbocycles. The van der Waals surface area contributed by atoms with Crippen molar-refractivity contribution < 1.29 is 4.21 Å². The Balaban J connectivity index is 2.64. The van der Waals surface area contributed by atoms with Gasteiger partial charge in [0.2, 0.25) is 0 Å². The molecule has 0 bridgehead atoms. The standard InChI is InChI=1S/C12H25NOS/c1-5-6-13-11-8-9(2)7-10(3)12(11)15(4)14/h9-13H,5-8H2,1-4H3. The number of rotatable bonds is 4. The monoisotopic (exact) mass is 231 g/mol. The van der Waals surface area contributed by atoms with Crippen molar-refractivity contribution in [3.8, 4) is 0 Å². The first kappa shape index (κ1) is 13.2. The summed E-state index contributed by atoms with van der Waals surface area (Å²) in [6.45, 7) is 7.80. The molecule has 0 spiro atoms. The summed E-state index contributed by atoms with van der Waals surface area (Å²) in [5, 5.41) is 3.92. The van der Waals surface area contributed by atoms with E-state index < -0.39 is 10.8 Å². The minimum absolute atomic E-state index is 0.354. The Labute approximate surface area is 96.7 Å². The van der Waals surface area contributed by atoms with Gasteiger partial charge in [0, 0.05) is 23.1 Å². The van der Waals surface area contributed by atoms with Crippen LogP contribution in [0.3, 0.4) is 0 Å². The van der Waals surface area contributed by atoms with Crippen LogP contribution in [0.4, 0.5) is 0 Å². The summed E-state index contributed by atoms with van der Waals surface area (Å²) < 4.78 is 11.8. The van der Waals surface area contributed by atoms with Gasteiger partial charge in [-0.3, -0.25) is 4.21 Å². The molecule has 1 N–H and O–H groups in total. The normalized spacial score (nSPS) is 38.9. The lowest BCUT2D eigenvalue weighted by molar-refractivity contribution is 0.246. The lowest BCUT2D eigenvalue weighted by Crippen LogP contribution is -2.50. The van der Waals surface area contributed by atoms with Crippen molar-refractivity contribution >= 4 is 10.8 Å². The van der Waals surface area contributed by atoms with E-state index >= 15 is 0 Å². The Morgan fingerprint density at radius 2 is 2.00 bits per heavy atom. The van der Waals surface area contributed by atoms with Crippen LogP contribution < -0.4 is 5.32 Å². The van der Waals surface area contributed by atoms with Crippen molar-refractivity contribution in [3.63, 3.8) is 0 Å². The van der Waals surface area contributed by atoms with E-state index in [4.69, 9.17) is 0 Å². The smallest absolute Gasteiger partial charge is 0.0524 e. The van der Waals surface area contributed by atoms with Gasteiger partial charge in [-0.2, -0.15) is 0 Å². The zero-order valence-electron chi connectivity index (χ0n) is 10.5. The molecule has 5 unspecified atom stereocenters. The molecule has 0 radical (unpaired) electrons. The molecule has 0 aromatic carbocycles. The Bertz CT molecular complexity index is 220. The summed E-state index contributed by atoms with van der Waals surface area (Å²) in [6.07, 6.45) is 5.43. The van der Waals surface area contributed by atoms with Crippen molar-refractivity contribution in [3.05, 3.63) is 0 Å². The molecule has 2 nitrogen and oxygen atoms in total. The fourth-order valence-electron chi connectivity index (χ4n) is 2.92. The van der Waals surface area contributed by atoms with Gasteiger partial charge in [-0.15, -0.1) is 0 Å². The van der Waals surface area contributed by atoms with Gasteiger partial charge in [-0.05, 0) is 37.6 Å². The van der Waals surface area contributed by atoms with Gasteiger partial charge < -0.3 is 5.32 Å². The molecular weight excluding hydrogens is 206 g/mol. The maximum Gasteiger partial charge on any atom is 0.0524 e. The second-order valence-corrected chi connectivity index (χ2v) is 6.62.